The zero-order chi connectivity index (χ0) is 79.4. The number of ether oxygens (including phenoxy) is 2. The van der Waals surface area contributed by atoms with Crippen molar-refractivity contribution in [2.75, 3.05) is 52.6 Å². The fraction of sp³-hybridized carbons (Fsp3) is 0.329. The second kappa shape index (κ2) is 41.8. The minimum Gasteiger partial charge on any atom is -0.459 e. The molecule has 11 heterocycles. The molecule has 27 nitrogen and oxygen atoms in total. The van der Waals surface area contributed by atoms with E-state index in [0.29, 0.717) is 55.9 Å². The van der Waals surface area contributed by atoms with Gasteiger partial charge in [0.05, 0.1) is 6.54 Å². The van der Waals surface area contributed by atoms with Gasteiger partial charge in [0.2, 0.25) is 53.4 Å². The van der Waals surface area contributed by atoms with Gasteiger partial charge in [-0.1, -0.05) is 49.4 Å². The fourth-order valence-electron chi connectivity index (χ4n) is 10.6. The third-order valence-corrected chi connectivity index (χ3v) is 17.4. The number of benzene rings is 1. The molecule has 6 aromatic heterocycles. The average Bonchev–Trinajstić information content (AvgIpc) is 1.74. The van der Waals surface area contributed by atoms with Crippen molar-refractivity contribution < 1.29 is 113 Å². The van der Waals surface area contributed by atoms with Gasteiger partial charge in [-0.05, 0) is 161 Å². The van der Waals surface area contributed by atoms with Gasteiger partial charge in [0.1, 0.15) is 33.6 Å². The summed E-state index contributed by atoms with van der Waals surface area (Å²) < 4.78 is 102. The summed E-state index contributed by atoms with van der Waals surface area (Å²) in [5, 5.41) is 22.4. The summed E-state index contributed by atoms with van der Waals surface area (Å²) >= 11 is 0. The number of pyridine rings is 6. The number of imide groups is 1. The predicted octanol–water partition coefficient (Wildman–Crippen LogP) is 8.21. The number of carbonyl (C=O) groups is 8. The van der Waals surface area contributed by atoms with E-state index < -0.39 is 82.1 Å². The van der Waals surface area contributed by atoms with Crippen molar-refractivity contribution in [2.45, 2.75) is 115 Å². The third-order valence-electron chi connectivity index (χ3n) is 16.2. The van der Waals surface area contributed by atoms with Crippen molar-refractivity contribution in [2.24, 2.45) is 5.92 Å². The van der Waals surface area contributed by atoms with Crippen LogP contribution in [-0.2, 0) is 77.8 Å². The van der Waals surface area contributed by atoms with Crippen LogP contribution in [0, 0.1) is 50.0 Å². The quantitative estimate of drug-likeness (QED) is 0.0164. The number of ketones is 1. The van der Waals surface area contributed by atoms with Gasteiger partial charge in [-0.15, -0.1) is 0 Å². The van der Waals surface area contributed by atoms with Crippen LogP contribution in [0.15, 0.2) is 163 Å². The Hall–Kier alpha value is -10.9. The first-order valence-electron chi connectivity index (χ1n) is 33.4. The number of nitrogens with two attached hydrogens (primary N) is 1. The van der Waals surface area contributed by atoms with Crippen LogP contribution in [0.4, 0.5) is 32.6 Å². The van der Waals surface area contributed by atoms with Gasteiger partial charge < -0.3 is 57.3 Å². The molecule has 3 fully saturated rings. The van der Waals surface area contributed by atoms with Gasteiger partial charge in [0, 0.05) is 153 Å². The van der Waals surface area contributed by atoms with Gasteiger partial charge in [-0.2, -0.15) is 30.4 Å². The van der Waals surface area contributed by atoms with E-state index in [0.717, 1.165) is 63.2 Å². The molecule has 0 radical (unpaired) electrons. The zero-order valence-corrected chi connectivity index (χ0v) is 64.0. The molecule has 596 valence electrons. The number of anilines is 1. The van der Waals surface area contributed by atoms with E-state index in [1.807, 2.05) is 20.0 Å². The number of likely N-dealkylation sites (N-methyl/N-ethyl adjacent to an activating group) is 2. The van der Waals surface area contributed by atoms with E-state index in [4.69, 9.17) is 29.4 Å². The van der Waals surface area contributed by atoms with E-state index in [9.17, 15) is 68.7 Å². The Morgan fingerprint density at radius 1 is 0.577 bits per heavy atom. The number of aryl methyl sites for hydroxylation is 1. The Morgan fingerprint density at radius 2 is 1.05 bits per heavy atom. The van der Waals surface area contributed by atoms with E-state index in [-0.39, 0.29) is 112 Å². The number of hydrogen-bond donors (Lipinski definition) is 5. The molecule has 0 saturated carbocycles. The molecule has 4 unspecified atom stereocenters. The fourth-order valence-corrected chi connectivity index (χ4v) is 11.5. The smallest absolute Gasteiger partial charge is 0.459 e. The van der Waals surface area contributed by atoms with Crippen LogP contribution >= 0.6 is 0 Å². The Kier molecular flexibility index (Phi) is 34.8. The maximum atomic E-state index is 12.8. The number of amides is 6. The molecule has 1 aromatic carbocycles. The molecular weight excluding hydrogens is 1570 g/mol. The number of nitrogens with one attached hydrogen (secondary N) is 2. The molecular formula is C76H87BF5N12O15PdS-. The molecule has 7 aromatic rings. The van der Waals surface area contributed by atoms with Gasteiger partial charge in [0.15, 0.2) is 5.78 Å². The summed E-state index contributed by atoms with van der Waals surface area (Å²) in [5.74, 6) is -3.73. The third kappa shape index (κ3) is 29.5. The monoisotopic (exact) mass is 1650 g/mol. The van der Waals surface area contributed by atoms with Gasteiger partial charge in [0.25, 0.3) is 5.91 Å². The number of allylic oxidation sites excluding steroid dienone is 2. The average molecular weight is 1650 g/mol. The van der Waals surface area contributed by atoms with Crippen LogP contribution in [0.5, 0.6) is 0 Å². The minimum atomic E-state index is -4.07. The summed E-state index contributed by atoms with van der Waals surface area (Å²) in [6.07, 6.45) is 13.4. The molecule has 6 amide bonds. The first-order valence-corrected chi connectivity index (χ1v) is 34.8. The van der Waals surface area contributed by atoms with Gasteiger partial charge >= 0.3 is 29.3 Å². The number of halogens is 5. The van der Waals surface area contributed by atoms with E-state index in [1.54, 1.807) is 107 Å². The summed E-state index contributed by atoms with van der Waals surface area (Å²) in [7, 11) is -2.04. The molecule has 4 atom stereocenters. The molecule has 5 aliphatic heterocycles. The Labute approximate surface area is 654 Å². The number of nitrogen functional groups attached to an aromatic ring is 1. The van der Waals surface area contributed by atoms with Crippen LogP contribution in [0.2, 0.25) is 0 Å². The van der Waals surface area contributed by atoms with Crippen molar-refractivity contribution in [3.05, 3.63) is 229 Å². The molecule has 111 heavy (non-hydrogen) atoms. The molecule has 1 aliphatic carbocycles. The minimum absolute atomic E-state index is 0. The normalized spacial score (nSPS) is 17.4. The van der Waals surface area contributed by atoms with Crippen LogP contribution in [0.25, 0.3) is 11.1 Å². The molecule has 0 bridgehead atoms. The standard InChI is InChI=1S/C16H19NO6S.C15H16FNO3.C10H11FN2O.C10H13N3O.C9H9FN2O.C9H7FN2O.C5H5BFNO2.CH4.CH3.Pd/c1-11-5-7-13(8-6-11)24(20,21)23-12-9-14(18)17(10-12)15(19)22-16(2,3)4;1-15(2,3)20-14(19)11-6-10(7-12(11)18)9-4-5-13(16)17-8-9;2*1-13-6-8(4-10(13)14)7-2-3-9(11)12-5-7;2*10-8-2-1-6(4-11-8)7-3-9(13)12-5-7;7-5-2-1-4(3-8-5)6(9)10;;;/h5-9H,10H2,1-4H3;4-5,7-8,11H,6H2,1-3H3;2-3,5,8H,4,6H2,1H3;2-3,5,8H,4,6H2,1H3,(H2,11,12);1-2,4,7H,3,5H2,(H,12,13);1-4H,5H2,(H,12,13);1-3,9-10H;1H4;1H3;/q;;;;;;;;-1;. The SMILES string of the molecule is C.CC(C)(C)OC(=O)C1CC(c2ccc(F)nc2)=CC1=O.CN1CC(c2ccc(F)nc2)CC1=O.CN1CC(c2ccc(N)nc2)CC1=O.Cc1ccc(S(=O)(=O)OC2=CC(=O)N(C(=O)OC(C)(C)C)C2)cc1.O=C1C=C(c2ccc(F)nc2)CN1.O=C1CC(c2ccc(F)nc2)CN1.OB(O)c1ccc(F)nc1.[CH3-].[Pd]. The number of likely N-dealkylation sites (tertiary alicyclic amines) is 2. The van der Waals surface area contributed by atoms with Crippen molar-refractivity contribution in [1.29, 1.82) is 0 Å². The van der Waals surface area contributed by atoms with E-state index >= 15 is 0 Å². The largest absolute Gasteiger partial charge is 0.490 e. The number of rotatable bonds is 10. The van der Waals surface area contributed by atoms with Crippen molar-refractivity contribution in [3.63, 3.8) is 0 Å². The zero-order valence-electron chi connectivity index (χ0n) is 61.6. The van der Waals surface area contributed by atoms with Gasteiger partial charge in [-0.25, -0.2) is 39.6 Å². The summed E-state index contributed by atoms with van der Waals surface area (Å²) in [6, 6.07) is 23.8. The van der Waals surface area contributed by atoms with Gasteiger partial charge in [-0.3, -0.25) is 33.6 Å². The van der Waals surface area contributed by atoms with Crippen molar-refractivity contribution in [3.8, 4) is 0 Å². The van der Waals surface area contributed by atoms with Crippen LogP contribution in [0.1, 0.15) is 126 Å². The maximum absolute atomic E-state index is 12.8. The molecule has 13 rings (SSSR count). The summed E-state index contributed by atoms with van der Waals surface area (Å²) in [4.78, 5) is 117. The second-order valence-electron chi connectivity index (χ2n) is 27.0. The van der Waals surface area contributed by atoms with Crippen molar-refractivity contribution in [1.82, 2.24) is 55.2 Å². The molecule has 3 saturated heterocycles. The van der Waals surface area contributed by atoms with Crippen LogP contribution < -0.4 is 21.8 Å². The number of esters is 1. The number of hydrogen-bond acceptors (Lipinski definition) is 22. The molecule has 35 heteroatoms. The summed E-state index contributed by atoms with van der Waals surface area (Å²) in [6.45, 7) is 14.4. The second-order valence-corrected chi connectivity index (χ2v) is 28.6. The summed E-state index contributed by atoms with van der Waals surface area (Å²) in [5.41, 5.74) is 11.1. The Bertz CT molecular complexity index is 4490. The van der Waals surface area contributed by atoms with E-state index in [2.05, 4.69) is 40.5 Å². The topological polar surface area (TPSA) is 376 Å². The Balaban J connectivity index is 0.000000276. The first-order chi connectivity index (χ1) is 50.8. The number of aromatic nitrogens is 6. The van der Waals surface area contributed by atoms with Crippen LogP contribution in [-0.4, -0.2) is 176 Å². The van der Waals surface area contributed by atoms with Crippen molar-refractivity contribution >= 4 is 87.0 Å². The van der Waals surface area contributed by atoms with Crippen LogP contribution in [0.3, 0.4) is 0 Å². The number of carbonyl (C=O) groups excluding carboxylic acids is 8. The molecule has 6 aliphatic rings. The first kappa shape index (κ1) is 92.5. The molecule has 0 spiro atoms. The van der Waals surface area contributed by atoms with E-state index in [1.165, 1.54) is 79.4 Å². The number of nitrogens with zero attached hydrogens (tertiary/aromatic N) is 9. The maximum Gasteiger partial charge on any atom is 0.490 e. The molecule has 6 N–H and O–H groups in total. The Morgan fingerprint density at radius 3 is 1.44 bits per heavy atom. The predicted molar refractivity (Wildman–Crippen MR) is 396 cm³/mol.